The predicted molar refractivity (Wildman–Crippen MR) is 58.8 cm³/mol. The summed E-state index contributed by atoms with van der Waals surface area (Å²) in [4.78, 5) is 0. The molecule has 4 nitrogen and oxygen atoms in total. The van der Waals surface area contributed by atoms with E-state index in [9.17, 15) is 0 Å². The van der Waals surface area contributed by atoms with Crippen molar-refractivity contribution < 1.29 is 0 Å². The lowest BCUT2D eigenvalue weighted by Crippen LogP contribution is -1.97. The molecule has 3 rings (SSSR count). The summed E-state index contributed by atoms with van der Waals surface area (Å²) in [7, 11) is 0. The lowest BCUT2D eigenvalue weighted by Gasteiger charge is -2.01. The SMILES string of the molecule is CC1(C)CC1c1nnc2cc(C#N)ccn12. The smallest absolute Gasteiger partial charge is 0.162 e. The van der Waals surface area contributed by atoms with E-state index >= 15 is 0 Å². The Bertz CT molecular complexity index is 603. The van der Waals surface area contributed by atoms with Gasteiger partial charge in [-0.3, -0.25) is 4.40 Å². The van der Waals surface area contributed by atoms with Gasteiger partial charge in [0.1, 0.15) is 5.82 Å². The molecule has 2 heterocycles. The molecular weight excluding hydrogens is 200 g/mol. The molecule has 0 spiro atoms. The average molecular weight is 212 g/mol. The third kappa shape index (κ3) is 1.21. The van der Waals surface area contributed by atoms with Gasteiger partial charge in [-0.15, -0.1) is 10.2 Å². The number of pyridine rings is 1. The van der Waals surface area contributed by atoms with Crippen LogP contribution in [0.3, 0.4) is 0 Å². The Morgan fingerprint density at radius 3 is 2.88 bits per heavy atom. The van der Waals surface area contributed by atoms with E-state index in [2.05, 4.69) is 30.1 Å². The zero-order chi connectivity index (χ0) is 11.3. The van der Waals surface area contributed by atoms with Crippen LogP contribution in [0.25, 0.3) is 5.65 Å². The van der Waals surface area contributed by atoms with Crippen LogP contribution in [0.15, 0.2) is 18.3 Å². The van der Waals surface area contributed by atoms with Crippen molar-refractivity contribution in [3.63, 3.8) is 0 Å². The number of nitrogens with zero attached hydrogens (tertiary/aromatic N) is 4. The molecule has 1 aliphatic rings. The second-order valence-corrected chi connectivity index (χ2v) is 5.06. The van der Waals surface area contributed by atoms with Crippen LogP contribution in [-0.4, -0.2) is 14.6 Å². The Hall–Kier alpha value is -1.89. The van der Waals surface area contributed by atoms with Crippen LogP contribution in [0.5, 0.6) is 0 Å². The summed E-state index contributed by atoms with van der Waals surface area (Å²) >= 11 is 0. The molecular formula is C12H12N4. The number of hydrogen-bond donors (Lipinski definition) is 0. The van der Waals surface area contributed by atoms with E-state index in [0.717, 1.165) is 17.9 Å². The van der Waals surface area contributed by atoms with Crippen LogP contribution in [0.4, 0.5) is 0 Å². The molecule has 2 aromatic rings. The molecule has 0 bridgehead atoms. The standard InChI is InChI=1S/C12H12N4/c1-12(2)6-9(12)11-15-14-10-5-8(7-13)3-4-16(10)11/h3-5,9H,6H2,1-2H3. The fraction of sp³-hybridized carbons (Fsp3) is 0.417. The minimum absolute atomic E-state index is 0.344. The molecule has 1 aliphatic carbocycles. The van der Waals surface area contributed by atoms with Crippen molar-refractivity contribution in [3.8, 4) is 6.07 Å². The fourth-order valence-corrected chi connectivity index (χ4v) is 2.12. The maximum atomic E-state index is 8.80. The van der Waals surface area contributed by atoms with Gasteiger partial charge in [-0.1, -0.05) is 13.8 Å². The molecule has 0 amide bonds. The van der Waals surface area contributed by atoms with Crippen LogP contribution < -0.4 is 0 Å². The minimum Gasteiger partial charge on any atom is -0.286 e. The van der Waals surface area contributed by atoms with Gasteiger partial charge in [0, 0.05) is 18.2 Å². The third-order valence-electron chi connectivity index (χ3n) is 3.39. The number of fused-ring (bicyclic) bond motifs is 1. The second-order valence-electron chi connectivity index (χ2n) is 5.06. The average Bonchev–Trinajstić information content (AvgIpc) is 2.75. The van der Waals surface area contributed by atoms with E-state index in [1.807, 2.05) is 10.6 Å². The Morgan fingerprint density at radius 2 is 2.25 bits per heavy atom. The van der Waals surface area contributed by atoms with Gasteiger partial charge in [0.25, 0.3) is 0 Å². The molecule has 4 heteroatoms. The molecule has 16 heavy (non-hydrogen) atoms. The van der Waals surface area contributed by atoms with E-state index in [-0.39, 0.29) is 0 Å². The molecule has 0 N–H and O–H groups in total. The number of nitriles is 1. The molecule has 0 aromatic carbocycles. The number of hydrogen-bond acceptors (Lipinski definition) is 3. The number of aromatic nitrogens is 3. The van der Waals surface area contributed by atoms with Crippen LogP contribution in [0, 0.1) is 16.7 Å². The van der Waals surface area contributed by atoms with Gasteiger partial charge in [-0.25, -0.2) is 0 Å². The highest BCUT2D eigenvalue weighted by molar-refractivity contribution is 5.46. The van der Waals surface area contributed by atoms with Gasteiger partial charge in [0.05, 0.1) is 11.6 Å². The van der Waals surface area contributed by atoms with Gasteiger partial charge in [-0.05, 0) is 17.9 Å². The highest BCUT2D eigenvalue weighted by atomic mass is 15.3. The highest BCUT2D eigenvalue weighted by Gasteiger charge is 2.49. The summed E-state index contributed by atoms with van der Waals surface area (Å²) in [6.07, 6.45) is 3.05. The van der Waals surface area contributed by atoms with E-state index in [1.165, 1.54) is 0 Å². The number of rotatable bonds is 1. The predicted octanol–water partition coefficient (Wildman–Crippen LogP) is 2.11. The van der Waals surface area contributed by atoms with Crippen molar-refractivity contribution in [1.29, 1.82) is 5.26 Å². The topological polar surface area (TPSA) is 54.0 Å². The maximum Gasteiger partial charge on any atom is 0.162 e. The van der Waals surface area contributed by atoms with Crippen LogP contribution in [0.1, 0.15) is 37.6 Å². The van der Waals surface area contributed by atoms with Crippen molar-refractivity contribution in [1.82, 2.24) is 14.6 Å². The van der Waals surface area contributed by atoms with E-state index in [4.69, 9.17) is 5.26 Å². The van der Waals surface area contributed by atoms with Gasteiger partial charge in [-0.2, -0.15) is 5.26 Å². The summed E-state index contributed by atoms with van der Waals surface area (Å²) in [5.41, 5.74) is 1.73. The first kappa shape index (κ1) is 9.34. The van der Waals surface area contributed by atoms with Crippen LogP contribution in [-0.2, 0) is 0 Å². The third-order valence-corrected chi connectivity index (χ3v) is 3.39. The maximum absolute atomic E-state index is 8.80. The first-order chi connectivity index (χ1) is 7.62. The van der Waals surface area contributed by atoms with E-state index < -0.39 is 0 Å². The molecule has 0 radical (unpaired) electrons. The lowest BCUT2D eigenvalue weighted by molar-refractivity contribution is 0.606. The van der Waals surface area contributed by atoms with Crippen molar-refractivity contribution >= 4 is 5.65 Å². The Morgan fingerprint density at radius 1 is 1.50 bits per heavy atom. The highest BCUT2D eigenvalue weighted by Crippen LogP contribution is 2.57. The molecule has 1 atom stereocenters. The summed E-state index contributed by atoms with van der Waals surface area (Å²) in [5.74, 6) is 1.51. The molecule has 80 valence electrons. The summed E-state index contributed by atoms with van der Waals surface area (Å²) in [6.45, 7) is 4.48. The van der Waals surface area contributed by atoms with Crippen molar-refractivity contribution in [2.45, 2.75) is 26.2 Å². The van der Waals surface area contributed by atoms with Crippen LogP contribution >= 0.6 is 0 Å². The first-order valence-corrected chi connectivity index (χ1v) is 5.36. The first-order valence-electron chi connectivity index (χ1n) is 5.36. The van der Waals surface area contributed by atoms with Gasteiger partial charge in [0.15, 0.2) is 5.65 Å². The molecule has 0 aliphatic heterocycles. The van der Waals surface area contributed by atoms with Gasteiger partial charge < -0.3 is 0 Å². The van der Waals surface area contributed by atoms with E-state index in [0.29, 0.717) is 16.9 Å². The van der Waals surface area contributed by atoms with Crippen LogP contribution in [0.2, 0.25) is 0 Å². The molecule has 0 saturated heterocycles. The van der Waals surface area contributed by atoms with Crippen molar-refractivity contribution in [3.05, 3.63) is 29.7 Å². The lowest BCUT2D eigenvalue weighted by atomic mass is 10.1. The monoisotopic (exact) mass is 212 g/mol. The minimum atomic E-state index is 0.344. The second kappa shape index (κ2) is 2.82. The zero-order valence-electron chi connectivity index (χ0n) is 9.31. The largest absolute Gasteiger partial charge is 0.286 e. The Kier molecular flexibility index (Phi) is 1.65. The van der Waals surface area contributed by atoms with Gasteiger partial charge >= 0.3 is 0 Å². The summed E-state index contributed by atoms with van der Waals surface area (Å²) in [6, 6.07) is 5.68. The fourth-order valence-electron chi connectivity index (χ4n) is 2.12. The van der Waals surface area contributed by atoms with Crippen molar-refractivity contribution in [2.75, 3.05) is 0 Å². The van der Waals surface area contributed by atoms with E-state index in [1.54, 1.807) is 12.1 Å². The molecule has 2 aromatic heterocycles. The summed E-state index contributed by atoms with van der Waals surface area (Å²) < 4.78 is 1.99. The Balaban J connectivity index is 2.12. The van der Waals surface area contributed by atoms with Crippen molar-refractivity contribution in [2.24, 2.45) is 5.41 Å². The quantitative estimate of drug-likeness (QED) is 0.727. The Labute approximate surface area is 93.5 Å². The molecule has 1 unspecified atom stereocenters. The molecule has 1 saturated carbocycles. The zero-order valence-corrected chi connectivity index (χ0v) is 9.31. The van der Waals surface area contributed by atoms with Gasteiger partial charge in [0.2, 0.25) is 0 Å². The summed E-state index contributed by atoms with van der Waals surface area (Å²) in [5, 5.41) is 17.1. The normalized spacial score (nSPS) is 21.9. The molecule has 1 fully saturated rings.